The van der Waals surface area contributed by atoms with Crippen LogP contribution in [-0.4, -0.2) is 44.4 Å². The van der Waals surface area contributed by atoms with Gasteiger partial charge in [0, 0.05) is 25.7 Å². The van der Waals surface area contributed by atoms with Gasteiger partial charge in [-0.05, 0) is 38.5 Å². The van der Waals surface area contributed by atoms with Crippen LogP contribution in [0.2, 0.25) is 0 Å². The third-order valence-corrected chi connectivity index (χ3v) is 3.51. The number of nitrogens with two attached hydrogens (primary N) is 1. The highest BCUT2D eigenvalue weighted by Gasteiger charge is 2.26. The zero-order chi connectivity index (χ0) is 15.1. The van der Waals surface area contributed by atoms with E-state index in [9.17, 15) is 0 Å². The van der Waals surface area contributed by atoms with Crippen LogP contribution in [0.5, 0.6) is 5.75 Å². The standard InChI is InChI=1S/C16H28N2O2/c1-12(2)18(9-10-19-4)16(13(3)17)14-7-6-8-15(11-14)20-5/h6-8,11-13,16H,9-10,17H2,1-5H3. The Morgan fingerprint density at radius 3 is 2.40 bits per heavy atom. The van der Waals surface area contributed by atoms with Crippen LogP contribution in [0.1, 0.15) is 32.4 Å². The van der Waals surface area contributed by atoms with Crippen molar-refractivity contribution in [1.29, 1.82) is 0 Å². The lowest BCUT2D eigenvalue weighted by Gasteiger charge is -2.37. The third kappa shape index (κ3) is 4.47. The summed E-state index contributed by atoms with van der Waals surface area (Å²) in [4.78, 5) is 2.38. The molecule has 114 valence electrons. The quantitative estimate of drug-likeness (QED) is 0.794. The summed E-state index contributed by atoms with van der Waals surface area (Å²) in [5.74, 6) is 0.864. The minimum absolute atomic E-state index is 0.0290. The fraction of sp³-hybridized carbons (Fsp3) is 0.625. The van der Waals surface area contributed by atoms with Gasteiger partial charge in [-0.3, -0.25) is 4.90 Å². The molecule has 0 bridgehead atoms. The molecule has 0 fully saturated rings. The van der Waals surface area contributed by atoms with Crippen molar-refractivity contribution in [1.82, 2.24) is 4.90 Å². The summed E-state index contributed by atoms with van der Waals surface area (Å²) in [5.41, 5.74) is 7.43. The van der Waals surface area contributed by atoms with Gasteiger partial charge in [-0.15, -0.1) is 0 Å². The van der Waals surface area contributed by atoms with E-state index in [1.54, 1.807) is 14.2 Å². The molecule has 0 aliphatic heterocycles. The maximum absolute atomic E-state index is 6.25. The first-order chi connectivity index (χ1) is 9.51. The number of hydrogen-bond acceptors (Lipinski definition) is 4. The lowest BCUT2D eigenvalue weighted by atomic mass is 9.97. The first-order valence-electron chi connectivity index (χ1n) is 7.15. The number of ether oxygens (including phenoxy) is 2. The van der Waals surface area contributed by atoms with Crippen LogP contribution in [-0.2, 0) is 4.74 Å². The van der Waals surface area contributed by atoms with Crippen molar-refractivity contribution in [3.63, 3.8) is 0 Å². The molecule has 4 nitrogen and oxygen atoms in total. The summed E-state index contributed by atoms with van der Waals surface area (Å²) < 4.78 is 10.5. The van der Waals surface area contributed by atoms with Gasteiger partial charge in [-0.2, -0.15) is 0 Å². The molecular formula is C16H28N2O2. The zero-order valence-corrected chi connectivity index (χ0v) is 13.3. The predicted octanol–water partition coefficient (Wildman–Crippen LogP) is 2.44. The highest BCUT2D eigenvalue weighted by molar-refractivity contribution is 5.31. The fourth-order valence-corrected chi connectivity index (χ4v) is 2.54. The summed E-state index contributed by atoms with van der Waals surface area (Å²) >= 11 is 0. The molecule has 2 atom stereocenters. The van der Waals surface area contributed by atoms with Crippen molar-refractivity contribution in [2.75, 3.05) is 27.4 Å². The van der Waals surface area contributed by atoms with E-state index in [0.29, 0.717) is 12.6 Å². The van der Waals surface area contributed by atoms with Gasteiger partial charge in [0.15, 0.2) is 0 Å². The van der Waals surface area contributed by atoms with Gasteiger partial charge in [0.25, 0.3) is 0 Å². The Balaban J connectivity index is 3.06. The zero-order valence-electron chi connectivity index (χ0n) is 13.3. The summed E-state index contributed by atoms with van der Waals surface area (Å²) in [6.45, 7) is 7.98. The molecule has 0 aliphatic carbocycles. The van der Waals surface area contributed by atoms with Gasteiger partial charge >= 0.3 is 0 Å². The minimum Gasteiger partial charge on any atom is -0.497 e. The molecular weight excluding hydrogens is 252 g/mol. The minimum atomic E-state index is 0.0290. The van der Waals surface area contributed by atoms with Crippen LogP contribution in [0.15, 0.2) is 24.3 Å². The van der Waals surface area contributed by atoms with Crippen LogP contribution in [0.25, 0.3) is 0 Å². The second-order valence-corrected chi connectivity index (χ2v) is 5.40. The molecule has 1 aromatic rings. The maximum atomic E-state index is 6.25. The van der Waals surface area contributed by atoms with Crippen LogP contribution in [0.4, 0.5) is 0 Å². The Morgan fingerprint density at radius 2 is 1.90 bits per heavy atom. The molecule has 0 radical (unpaired) electrons. The summed E-state index contributed by atoms with van der Waals surface area (Å²) in [6, 6.07) is 8.72. The smallest absolute Gasteiger partial charge is 0.119 e. The largest absolute Gasteiger partial charge is 0.497 e. The molecule has 1 aromatic carbocycles. The number of rotatable bonds is 8. The molecule has 20 heavy (non-hydrogen) atoms. The van der Waals surface area contributed by atoms with Gasteiger partial charge in [-0.25, -0.2) is 0 Å². The molecule has 0 aliphatic rings. The van der Waals surface area contributed by atoms with Gasteiger partial charge in [0.05, 0.1) is 19.8 Å². The summed E-state index contributed by atoms with van der Waals surface area (Å²) in [6.07, 6.45) is 0. The van der Waals surface area contributed by atoms with Gasteiger partial charge in [-0.1, -0.05) is 12.1 Å². The second kappa shape index (κ2) is 8.25. The topological polar surface area (TPSA) is 47.7 Å². The van der Waals surface area contributed by atoms with E-state index >= 15 is 0 Å². The normalized spacial score (nSPS) is 14.6. The van der Waals surface area contributed by atoms with E-state index in [0.717, 1.165) is 12.3 Å². The van der Waals surface area contributed by atoms with E-state index in [-0.39, 0.29) is 12.1 Å². The molecule has 4 heteroatoms. The van der Waals surface area contributed by atoms with Gasteiger partial charge in [0.1, 0.15) is 5.75 Å². The Labute approximate surface area is 122 Å². The predicted molar refractivity (Wildman–Crippen MR) is 83.1 cm³/mol. The van der Waals surface area contributed by atoms with Crippen molar-refractivity contribution < 1.29 is 9.47 Å². The Hall–Kier alpha value is -1.10. The van der Waals surface area contributed by atoms with Crippen LogP contribution in [0, 0.1) is 0 Å². The molecule has 0 spiro atoms. The van der Waals surface area contributed by atoms with E-state index < -0.39 is 0 Å². The van der Waals surface area contributed by atoms with E-state index in [4.69, 9.17) is 15.2 Å². The molecule has 0 heterocycles. The molecule has 2 unspecified atom stereocenters. The lowest BCUT2D eigenvalue weighted by molar-refractivity contribution is 0.0862. The average molecular weight is 280 g/mol. The Morgan fingerprint density at radius 1 is 1.20 bits per heavy atom. The number of methoxy groups -OCH3 is 2. The van der Waals surface area contributed by atoms with Crippen molar-refractivity contribution in [3.05, 3.63) is 29.8 Å². The van der Waals surface area contributed by atoms with Crippen LogP contribution in [0.3, 0.4) is 0 Å². The molecule has 0 amide bonds. The number of hydrogen-bond donors (Lipinski definition) is 1. The van der Waals surface area contributed by atoms with E-state index in [2.05, 4.69) is 30.9 Å². The third-order valence-electron chi connectivity index (χ3n) is 3.51. The van der Waals surface area contributed by atoms with Gasteiger partial charge < -0.3 is 15.2 Å². The monoisotopic (exact) mass is 280 g/mol. The second-order valence-electron chi connectivity index (χ2n) is 5.40. The van der Waals surface area contributed by atoms with Crippen molar-refractivity contribution in [2.45, 2.75) is 38.9 Å². The molecule has 2 N–H and O–H groups in total. The van der Waals surface area contributed by atoms with Crippen LogP contribution >= 0.6 is 0 Å². The highest BCUT2D eigenvalue weighted by Crippen LogP contribution is 2.28. The Bertz CT molecular complexity index is 394. The first-order valence-corrected chi connectivity index (χ1v) is 7.15. The molecule has 0 aromatic heterocycles. The lowest BCUT2D eigenvalue weighted by Crippen LogP contribution is -2.44. The Kier molecular flexibility index (Phi) is 6.99. The summed E-state index contributed by atoms with van der Waals surface area (Å²) in [7, 11) is 3.41. The summed E-state index contributed by atoms with van der Waals surface area (Å²) in [5, 5.41) is 0. The SMILES string of the molecule is COCCN(C(C)C)C(c1cccc(OC)c1)C(C)N. The van der Waals surface area contributed by atoms with Crippen molar-refractivity contribution >= 4 is 0 Å². The van der Waals surface area contributed by atoms with Crippen molar-refractivity contribution in [2.24, 2.45) is 5.73 Å². The van der Waals surface area contributed by atoms with Crippen LogP contribution < -0.4 is 10.5 Å². The maximum Gasteiger partial charge on any atom is 0.119 e. The molecule has 0 saturated heterocycles. The fourth-order valence-electron chi connectivity index (χ4n) is 2.54. The molecule has 1 rings (SSSR count). The molecule has 0 saturated carbocycles. The van der Waals surface area contributed by atoms with E-state index in [1.807, 2.05) is 19.1 Å². The number of benzene rings is 1. The first kappa shape index (κ1) is 17.0. The van der Waals surface area contributed by atoms with Crippen molar-refractivity contribution in [3.8, 4) is 5.75 Å². The highest BCUT2D eigenvalue weighted by atomic mass is 16.5. The average Bonchev–Trinajstić information content (AvgIpc) is 2.42. The van der Waals surface area contributed by atoms with E-state index in [1.165, 1.54) is 5.56 Å². The van der Waals surface area contributed by atoms with Gasteiger partial charge in [0.2, 0.25) is 0 Å². The number of nitrogens with zero attached hydrogens (tertiary/aromatic N) is 1.